The Kier molecular flexibility index (Phi) is 5.55. The molecule has 0 atom stereocenters. The second-order valence-electron chi connectivity index (χ2n) is 4.29. The highest BCUT2D eigenvalue weighted by Gasteiger charge is 2.08. The molecule has 0 radical (unpaired) electrons. The molecule has 0 saturated carbocycles. The fraction of sp³-hybridized carbons (Fsp3) is 0.200. The van der Waals surface area contributed by atoms with Crippen LogP contribution in [0.4, 0.5) is 0 Å². The lowest BCUT2D eigenvalue weighted by molar-refractivity contribution is 0.303. The van der Waals surface area contributed by atoms with Gasteiger partial charge in [0.25, 0.3) is 0 Å². The summed E-state index contributed by atoms with van der Waals surface area (Å²) in [5.41, 5.74) is 7.42. The lowest BCUT2D eigenvalue weighted by atomic mass is 10.1. The van der Waals surface area contributed by atoms with Crippen molar-refractivity contribution < 1.29 is 4.74 Å². The number of hydrogen-bond donors (Lipinski definition) is 1. The fourth-order valence-corrected chi connectivity index (χ4v) is 2.42. The zero-order chi connectivity index (χ0) is 14.5. The lowest BCUT2D eigenvalue weighted by Gasteiger charge is -2.12. The number of nitrogens with two attached hydrogens (primary N) is 1. The van der Waals surface area contributed by atoms with E-state index in [0.29, 0.717) is 34.6 Å². The van der Waals surface area contributed by atoms with Crippen LogP contribution in [0.1, 0.15) is 11.1 Å². The molecule has 2 aromatic rings. The highest BCUT2D eigenvalue weighted by atomic mass is 35.5. The summed E-state index contributed by atoms with van der Waals surface area (Å²) in [5, 5.41) is 1.70. The first kappa shape index (κ1) is 15.5. The Labute approximate surface area is 133 Å². The predicted octanol–water partition coefficient (Wildman–Crippen LogP) is 4.73. The molecule has 2 nitrogen and oxygen atoms in total. The molecular formula is C15H14Cl3NO. The van der Waals surface area contributed by atoms with Gasteiger partial charge < -0.3 is 10.5 Å². The summed E-state index contributed by atoms with van der Waals surface area (Å²) < 4.78 is 5.81. The Balaban J connectivity index is 2.16. The summed E-state index contributed by atoms with van der Waals surface area (Å²) in [4.78, 5) is 0. The van der Waals surface area contributed by atoms with Gasteiger partial charge in [-0.2, -0.15) is 0 Å². The predicted molar refractivity (Wildman–Crippen MR) is 85.0 cm³/mol. The van der Waals surface area contributed by atoms with Crippen molar-refractivity contribution in [2.75, 3.05) is 6.54 Å². The third-order valence-corrected chi connectivity index (χ3v) is 3.94. The van der Waals surface area contributed by atoms with Gasteiger partial charge in [0.15, 0.2) is 0 Å². The van der Waals surface area contributed by atoms with Crippen LogP contribution in [0.5, 0.6) is 5.75 Å². The first-order valence-electron chi connectivity index (χ1n) is 6.16. The molecule has 5 heteroatoms. The molecule has 0 bridgehead atoms. The monoisotopic (exact) mass is 329 g/mol. The minimum absolute atomic E-state index is 0.346. The summed E-state index contributed by atoms with van der Waals surface area (Å²) in [7, 11) is 0. The minimum Gasteiger partial charge on any atom is -0.489 e. The SMILES string of the molecule is NCCc1cc(Cl)ccc1OCc1cccc(Cl)c1Cl. The molecule has 2 aromatic carbocycles. The molecule has 0 heterocycles. The highest BCUT2D eigenvalue weighted by molar-refractivity contribution is 6.42. The van der Waals surface area contributed by atoms with Crippen molar-refractivity contribution >= 4 is 34.8 Å². The van der Waals surface area contributed by atoms with E-state index in [9.17, 15) is 0 Å². The van der Waals surface area contributed by atoms with E-state index in [2.05, 4.69) is 0 Å². The third-order valence-electron chi connectivity index (χ3n) is 2.85. The lowest BCUT2D eigenvalue weighted by Crippen LogP contribution is -2.05. The fourth-order valence-electron chi connectivity index (χ4n) is 1.86. The number of rotatable bonds is 5. The Bertz CT molecular complexity index is 602. The smallest absolute Gasteiger partial charge is 0.123 e. The van der Waals surface area contributed by atoms with E-state index >= 15 is 0 Å². The summed E-state index contributed by atoms with van der Waals surface area (Å²) in [6.45, 7) is 0.882. The topological polar surface area (TPSA) is 35.2 Å². The Morgan fingerprint density at radius 3 is 2.55 bits per heavy atom. The van der Waals surface area contributed by atoms with Gasteiger partial charge in [-0.15, -0.1) is 0 Å². The Morgan fingerprint density at radius 2 is 1.80 bits per heavy atom. The molecule has 2 rings (SSSR count). The van der Waals surface area contributed by atoms with E-state index in [0.717, 1.165) is 16.9 Å². The second-order valence-corrected chi connectivity index (χ2v) is 5.51. The van der Waals surface area contributed by atoms with Crippen molar-refractivity contribution in [2.24, 2.45) is 5.73 Å². The molecule has 0 aromatic heterocycles. The average Bonchev–Trinajstić information content (AvgIpc) is 2.42. The summed E-state index contributed by atoms with van der Waals surface area (Å²) in [6.07, 6.45) is 0.708. The van der Waals surface area contributed by atoms with Crippen LogP contribution < -0.4 is 10.5 Å². The molecule has 0 spiro atoms. The van der Waals surface area contributed by atoms with E-state index in [1.165, 1.54) is 0 Å². The molecule has 0 saturated heterocycles. The molecule has 0 fully saturated rings. The van der Waals surface area contributed by atoms with Gasteiger partial charge in [-0.25, -0.2) is 0 Å². The zero-order valence-corrected chi connectivity index (χ0v) is 13.0. The van der Waals surface area contributed by atoms with Gasteiger partial charge in [-0.05, 0) is 42.8 Å². The molecule has 0 aliphatic heterocycles. The van der Waals surface area contributed by atoms with E-state index in [1.807, 2.05) is 24.3 Å². The number of halogens is 3. The van der Waals surface area contributed by atoms with Crippen LogP contribution in [0.15, 0.2) is 36.4 Å². The largest absolute Gasteiger partial charge is 0.489 e. The number of ether oxygens (including phenoxy) is 1. The molecule has 0 aliphatic carbocycles. The van der Waals surface area contributed by atoms with E-state index in [-0.39, 0.29) is 0 Å². The second kappa shape index (κ2) is 7.19. The van der Waals surface area contributed by atoms with Gasteiger partial charge in [-0.3, -0.25) is 0 Å². The number of hydrogen-bond acceptors (Lipinski definition) is 2. The molecule has 0 amide bonds. The average molecular weight is 331 g/mol. The zero-order valence-electron chi connectivity index (χ0n) is 10.7. The summed E-state index contributed by atoms with van der Waals surface area (Å²) >= 11 is 18.1. The Morgan fingerprint density at radius 1 is 1.00 bits per heavy atom. The van der Waals surface area contributed by atoms with Crippen molar-refractivity contribution in [1.82, 2.24) is 0 Å². The van der Waals surface area contributed by atoms with Crippen LogP contribution in [0.25, 0.3) is 0 Å². The quantitative estimate of drug-likeness (QED) is 0.860. The molecule has 106 valence electrons. The minimum atomic E-state index is 0.346. The Hall–Kier alpha value is -0.930. The van der Waals surface area contributed by atoms with Crippen LogP contribution >= 0.6 is 34.8 Å². The van der Waals surface area contributed by atoms with Crippen LogP contribution in [0.3, 0.4) is 0 Å². The third kappa shape index (κ3) is 3.80. The standard InChI is InChI=1S/C15H14Cl3NO/c16-12-4-5-14(10(8-12)6-7-19)20-9-11-2-1-3-13(17)15(11)18/h1-5,8H,6-7,9,19H2. The van der Waals surface area contributed by atoms with Gasteiger partial charge in [0.1, 0.15) is 12.4 Å². The van der Waals surface area contributed by atoms with Crippen LogP contribution in [0.2, 0.25) is 15.1 Å². The number of benzene rings is 2. The molecular weight excluding hydrogens is 317 g/mol. The molecule has 0 unspecified atom stereocenters. The van der Waals surface area contributed by atoms with E-state index < -0.39 is 0 Å². The first-order valence-corrected chi connectivity index (χ1v) is 7.29. The van der Waals surface area contributed by atoms with E-state index in [1.54, 1.807) is 12.1 Å². The van der Waals surface area contributed by atoms with Crippen molar-refractivity contribution in [2.45, 2.75) is 13.0 Å². The van der Waals surface area contributed by atoms with Crippen molar-refractivity contribution in [3.63, 3.8) is 0 Å². The van der Waals surface area contributed by atoms with Gasteiger partial charge in [0.05, 0.1) is 10.0 Å². The summed E-state index contributed by atoms with van der Waals surface area (Å²) in [6, 6.07) is 11.0. The normalized spacial score (nSPS) is 10.6. The summed E-state index contributed by atoms with van der Waals surface area (Å²) in [5.74, 6) is 0.760. The molecule has 0 aliphatic rings. The van der Waals surface area contributed by atoms with Gasteiger partial charge in [0, 0.05) is 10.6 Å². The highest BCUT2D eigenvalue weighted by Crippen LogP contribution is 2.28. The van der Waals surface area contributed by atoms with Crippen LogP contribution in [-0.4, -0.2) is 6.54 Å². The molecule has 2 N–H and O–H groups in total. The van der Waals surface area contributed by atoms with Crippen molar-refractivity contribution in [3.8, 4) is 5.75 Å². The van der Waals surface area contributed by atoms with Crippen molar-refractivity contribution in [1.29, 1.82) is 0 Å². The van der Waals surface area contributed by atoms with Crippen LogP contribution in [0, 0.1) is 0 Å². The first-order chi connectivity index (χ1) is 9.61. The van der Waals surface area contributed by atoms with Gasteiger partial charge >= 0.3 is 0 Å². The van der Waals surface area contributed by atoms with Gasteiger partial charge in [-0.1, -0.05) is 46.9 Å². The van der Waals surface area contributed by atoms with Gasteiger partial charge in [0.2, 0.25) is 0 Å². The van der Waals surface area contributed by atoms with Crippen molar-refractivity contribution in [3.05, 3.63) is 62.6 Å². The maximum atomic E-state index is 6.13. The van der Waals surface area contributed by atoms with E-state index in [4.69, 9.17) is 45.3 Å². The maximum absolute atomic E-state index is 6.13. The van der Waals surface area contributed by atoms with Crippen LogP contribution in [-0.2, 0) is 13.0 Å². The maximum Gasteiger partial charge on any atom is 0.123 e. The molecule has 20 heavy (non-hydrogen) atoms.